The van der Waals surface area contributed by atoms with Crippen LogP contribution in [0.3, 0.4) is 0 Å². The highest BCUT2D eigenvalue weighted by atomic mass is 32.2. The minimum atomic E-state index is -1.68. The number of amides is 1. The standard InChI is InChI=1S/C26H20F4N4O3S/c1-36-16-7-3-14(4-8-16)23-24(15-5-9-17(37-2)10-6-15)33-34-26(32-23)38-12-11-20(35)31-25-21(29)18(27)13-19(28)22(25)30/h3-10,13H,11-12H2,1-2H3,(H,31,35). The van der Waals surface area contributed by atoms with Gasteiger partial charge in [-0.05, 0) is 48.5 Å². The third-order valence-corrected chi connectivity index (χ3v) is 6.17. The highest BCUT2D eigenvalue weighted by Crippen LogP contribution is 2.32. The number of hydrogen-bond acceptors (Lipinski definition) is 7. The molecule has 12 heteroatoms. The first-order valence-electron chi connectivity index (χ1n) is 11.1. The second-order valence-corrected chi connectivity index (χ2v) is 8.80. The van der Waals surface area contributed by atoms with E-state index in [1.54, 1.807) is 38.5 Å². The third-order valence-electron chi connectivity index (χ3n) is 5.33. The Morgan fingerprint density at radius 3 is 1.87 bits per heavy atom. The molecular formula is C26H20F4N4O3S. The zero-order chi connectivity index (χ0) is 27.2. The van der Waals surface area contributed by atoms with Crippen LogP contribution in [0, 0.1) is 23.3 Å². The molecule has 0 saturated carbocycles. The van der Waals surface area contributed by atoms with Crippen LogP contribution in [-0.2, 0) is 4.79 Å². The van der Waals surface area contributed by atoms with Crippen molar-refractivity contribution >= 4 is 23.4 Å². The molecule has 196 valence electrons. The molecule has 0 spiro atoms. The second-order valence-electron chi connectivity index (χ2n) is 7.74. The van der Waals surface area contributed by atoms with Gasteiger partial charge < -0.3 is 14.8 Å². The number of aromatic nitrogens is 3. The zero-order valence-electron chi connectivity index (χ0n) is 20.1. The smallest absolute Gasteiger partial charge is 0.225 e. The molecule has 0 aliphatic carbocycles. The molecule has 0 saturated heterocycles. The van der Waals surface area contributed by atoms with Crippen molar-refractivity contribution in [3.63, 3.8) is 0 Å². The predicted octanol–water partition coefficient (Wildman–Crippen LogP) is 5.90. The first-order valence-corrected chi connectivity index (χ1v) is 12.1. The Morgan fingerprint density at radius 1 is 0.816 bits per heavy atom. The first kappa shape index (κ1) is 26.9. The fourth-order valence-electron chi connectivity index (χ4n) is 3.39. The van der Waals surface area contributed by atoms with Gasteiger partial charge in [-0.15, -0.1) is 10.2 Å². The number of ether oxygens (including phenoxy) is 2. The average molecular weight is 545 g/mol. The summed E-state index contributed by atoms with van der Waals surface area (Å²) in [6.07, 6.45) is -0.247. The summed E-state index contributed by atoms with van der Waals surface area (Å²) in [5.74, 6) is -6.02. The van der Waals surface area contributed by atoms with E-state index in [1.165, 1.54) is 0 Å². The fraction of sp³-hybridized carbons (Fsp3) is 0.154. The second kappa shape index (κ2) is 11.9. The number of benzene rings is 3. The van der Waals surface area contributed by atoms with E-state index in [0.717, 1.165) is 22.9 Å². The van der Waals surface area contributed by atoms with E-state index in [2.05, 4.69) is 15.2 Å². The van der Waals surface area contributed by atoms with E-state index in [4.69, 9.17) is 9.47 Å². The van der Waals surface area contributed by atoms with E-state index in [9.17, 15) is 22.4 Å². The molecule has 0 aliphatic rings. The number of carbonyl (C=O) groups excluding carboxylic acids is 1. The van der Waals surface area contributed by atoms with Gasteiger partial charge in [0.1, 0.15) is 28.6 Å². The summed E-state index contributed by atoms with van der Waals surface area (Å²) in [5, 5.41) is 10.6. The summed E-state index contributed by atoms with van der Waals surface area (Å²) in [6.45, 7) is 0. The normalized spacial score (nSPS) is 10.8. The molecule has 0 fully saturated rings. The van der Waals surface area contributed by atoms with Crippen molar-refractivity contribution in [2.24, 2.45) is 0 Å². The number of carbonyl (C=O) groups is 1. The van der Waals surface area contributed by atoms with Crippen LogP contribution in [0.25, 0.3) is 22.5 Å². The maximum absolute atomic E-state index is 13.8. The molecule has 3 aromatic carbocycles. The minimum absolute atomic E-state index is 0.0660. The summed E-state index contributed by atoms with van der Waals surface area (Å²) in [6, 6.07) is 14.5. The Bertz CT molecular complexity index is 1430. The van der Waals surface area contributed by atoms with Crippen molar-refractivity contribution in [3.8, 4) is 34.0 Å². The topological polar surface area (TPSA) is 86.2 Å². The van der Waals surface area contributed by atoms with E-state index >= 15 is 0 Å². The number of hydrogen-bond donors (Lipinski definition) is 1. The van der Waals surface area contributed by atoms with Gasteiger partial charge in [0.05, 0.1) is 14.2 Å². The third kappa shape index (κ3) is 6.02. The predicted molar refractivity (Wildman–Crippen MR) is 134 cm³/mol. The summed E-state index contributed by atoms with van der Waals surface area (Å²) in [4.78, 5) is 16.8. The van der Waals surface area contributed by atoms with Gasteiger partial charge in [0.25, 0.3) is 0 Å². The van der Waals surface area contributed by atoms with Crippen molar-refractivity contribution in [2.45, 2.75) is 11.6 Å². The van der Waals surface area contributed by atoms with Crippen molar-refractivity contribution in [2.75, 3.05) is 25.3 Å². The first-order chi connectivity index (χ1) is 18.3. The summed E-state index contributed by atoms with van der Waals surface area (Å²) in [7, 11) is 3.12. The number of thioether (sulfide) groups is 1. The summed E-state index contributed by atoms with van der Waals surface area (Å²) in [5.41, 5.74) is 1.35. The number of nitrogens with zero attached hydrogens (tertiary/aromatic N) is 3. The van der Waals surface area contributed by atoms with Gasteiger partial charge >= 0.3 is 0 Å². The van der Waals surface area contributed by atoms with Crippen LogP contribution in [0.15, 0.2) is 59.8 Å². The highest BCUT2D eigenvalue weighted by molar-refractivity contribution is 7.99. The average Bonchev–Trinajstić information content (AvgIpc) is 2.94. The molecule has 1 heterocycles. The molecule has 7 nitrogen and oxygen atoms in total. The van der Waals surface area contributed by atoms with Crippen LogP contribution in [0.5, 0.6) is 11.5 Å². The Hall–Kier alpha value is -4.19. The largest absolute Gasteiger partial charge is 0.497 e. The molecule has 4 aromatic rings. The van der Waals surface area contributed by atoms with Gasteiger partial charge in [-0.3, -0.25) is 4.79 Å². The van der Waals surface area contributed by atoms with Crippen LogP contribution in [0.4, 0.5) is 23.2 Å². The van der Waals surface area contributed by atoms with Crippen molar-refractivity contribution in [1.82, 2.24) is 15.2 Å². The molecule has 1 aromatic heterocycles. The molecule has 0 bridgehead atoms. The monoisotopic (exact) mass is 544 g/mol. The Labute approximate surface area is 219 Å². The lowest BCUT2D eigenvalue weighted by molar-refractivity contribution is -0.115. The number of nitrogens with one attached hydrogen (secondary N) is 1. The molecule has 0 aliphatic heterocycles. The fourth-order valence-corrected chi connectivity index (χ4v) is 4.11. The summed E-state index contributed by atoms with van der Waals surface area (Å²) >= 11 is 1.07. The van der Waals surface area contributed by atoms with Crippen LogP contribution in [-0.4, -0.2) is 41.1 Å². The molecule has 38 heavy (non-hydrogen) atoms. The number of methoxy groups -OCH3 is 2. The van der Waals surface area contributed by atoms with Crippen molar-refractivity contribution < 1.29 is 31.8 Å². The minimum Gasteiger partial charge on any atom is -0.497 e. The van der Waals surface area contributed by atoms with Crippen LogP contribution in [0.2, 0.25) is 0 Å². The molecule has 0 radical (unpaired) electrons. The van der Waals surface area contributed by atoms with Gasteiger partial charge in [-0.25, -0.2) is 22.5 Å². The quantitative estimate of drug-likeness (QED) is 0.160. The SMILES string of the molecule is COc1ccc(-c2nnc(SCCC(=O)Nc3c(F)c(F)cc(F)c3F)nc2-c2ccc(OC)cc2)cc1. The van der Waals surface area contributed by atoms with Crippen molar-refractivity contribution in [3.05, 3.63) is 77.9 Å². The van der Waals surface area contributed by atoms with Crippen LogP contribution >= 0.6 is 11.8 Å². The Balaban J connectivity index is 1.52. The van der Waals surface area contributed by atoms with Gasteiger partial charge in [-0.1, -0.05) is 11.8 Å². The van der Waals surface area contributed by atoms with Gasteiger partial charge in [0.15, 0.2) is 23.3 Å². The molecule has 1 amide bonds. The van der Waals surface area contributed by atoms with Crippen LogP contribution < -0.4 is 14.8 Å². The lowest BCUT2D eigenvalue weighted by atomic mass is 10.0. The maximum Gasteiger partial charge on any atom is 0.225 e. The van der Waals surface area contributed by atoms with E-state index < -0.39 is 34.9 Å². The lowest BCUT2D eigenvalue weighted by Crippen LogP contribution is -2.16. The molecule has 4 rings (SSSR count). The number of anilines is 1. The Kier molecular flexibility index (Phi) is 8.41. The van der Waals surface area contributed by atoms with Gasteiger partial charge in [-0.2, -0.15) is 0 Å². The maximum atomic E-state index is 13.8. The Morgan fingerprint density at radius 2 is 1.34 bits per heavy atom. The van der Waals surface area contributed by atoms with Crippen LogP contribution in [0.1, 0.15) is 6.42 Å². The molecule has 0 unspecified atom stereocenters. The molecule has 1 N–H and O–H groups in total. The number of halogens is 4. The number of rotatable bonds is 9. The summed E-state index contributed by atoms with van der Waals surface area (Å²) < 4.78 is 64.8. The van der Waals surface area contributed by atoms with Gasteiger partial charge in [0, 0.05) is 29.4 Å². The van der Waals surface area contributed by atoms with E-state index in [0.29, 0.717) is 22.9 Å². The van der Waals surface area contributed by atoms with Gasteiger partial charge in [0.2, 0.25) is 11.1 Å². The zero-order valence-corrected chi connectivity index (χ0v) is 20.9. The molecular weight excluding hydrogens is 524 g/mol. The highest BCUT2D eigenvalue weighted by Gasteiger charge is 2.21. The lowest BCUT2D eigenvalue weighted by Gasteiger charge is -2.11. The van der Waals surface area contributed by atoms with Crippen molar-refractivity contribution in [1.29, 1.82) is 0 Å². The molecule has 0 atom stereocenters. The van der Waals surface area contributed by atoms with E-state index in [1.807, 2.05) is 29.6 Å². The van der Waals surface area contributed by atoms with E-state index in [-0.39, 0.29) is 23.4 Å².